The van der Waals surface area contributed by atoms with Crippen LogP contribution in [-0.2, 0) is 14.6 Å². The second-order valence-electron chi connectivity index (χ2n) is 6.84. The van der Waals surface area contributed by atoms with Gasteiger partial charge in [-0.3, -0.25) is 0 Å². The van der Waals surface area contributed by atoms with Crippen molar-refractivity contribution in [1.82, 2.24) is 19.6 Å². The lowest BCUT2D eigenvalue weighted by atomic mass is 10.0. The molecule has 3 heterocycles. The Labute approximate surface area is 157 Å². The van der Waals surface area contributed by atoms with Gasteiger partial charge in [0.05, 0.1) is 22.5 Å². The fourth-order valence-corrected chi connectivity index (χ4v) is 5.13. The molecule has 0 aliphatic carbocycles. The monoisotopic (exact) mass is 387 g/mol. The third-order valence-corrected chi connectivity index (χ3v) is 6.85. The molecule has 142 valence electrons. The Morgan fingerprint density at radius 2 is 2.04 bits per heavy atom. The zero-order valence-electron chi connectivity index (χ0n) is 15.0. The van der Waals surface area contributed by atoms with Gasteiger partial charge >= 0.3 is 0 Å². The van der Waals surface area contributed by atoms with Gasteiger partial charge in [0.25, 0.3) is 0 Å². The van der Waals surface area contributed by atoms with Gasteiger partial charge in [0.1, 0.15) is 6.33 Å². The van der Waals surface area contributed by atoms with Crippen LogP contribution in [0.4, 0.5) is 5.82 Å². The van der Waals surface area contributed by atoms with E-state index in [2.05, 4.69) is 15.1 Å². The van der Waals surface area contributed by atoms with Crippen molar-refractivity contribution in [1.29, 1.82) is 0 Å². The summed E-state index contributed by atoms with van der Waals surface area (Å²) in [5.41, 5.74) is 8.66. The number of anilines is 1. The van der Waals surface area contributed by atoms with Crippen molar-refractivity contribution in [2.45, 2.75) is 24.7 Å². The first-order valence-corrected chi connectivity index (χ1v) is 10.5. The fraction of sp³-hybridized carbons (Fsp3) is 0.389. The molecule has 0 unspecified atom stereocenters. The van der Waals surface area contributed by atoms with E-state index in [1.54, 1.807) is 22.8 Å². The fourth-order valence-electron chi connectivity index (χ4n) is 3.41. The summed E-state index contributed by atoms with van der Waals surface area (Å²) in [6.45, 7) is 3.18. The highest BCUT2D eigenvalue weighted by Crippen LogP contribution is 2.29. The second-order valence-corrected chi connectivity index (χ2v) is 8.87. The predicted octanol–water partition coefficient (Wildman–Crippen LogP) is 1.88. The zero-order chi connectivity index (χ0) is 19.0. The molecule has 1 aliphatic heterocycles. The van der Waals surface area contributed by atoms with Crippen LogP contribution < -0.4 is 5.73 Å². The predicted molar refractivity (Wildman–Crippen MR) is 101 cm³/mol. The summed E-state index contributed by atoms with van der Waals surface area (Å²) in [4.78, 5) is 8.52. The summed E-state index contributed by atoms with van der Waals surface area (Å²) < 4.78 is 32.8. The molecule has 2 aromatic heterocycles. The zero-order valence-corrected chi connectivity index (χ0v) is 15.8. The number of imidazole rings is 1. The molecule has 2 N–H and O–H groups in total. The van der Waals surface area contributed by atoms with E-state index in [9.17, 15) is 8.42 Å². The molecular formula is C18H21N5O3S. The maximum Gasteiger partial charge on any atom is 0.197 e. The average Bonchev–Trinajstić information content (AvgIpc) is 3.08. The van der Waals surface area contributed by atoms with E-state index in [0.717, 1.165) is 24.0 Å². The van der Waals surface area contributed by atoms with Crippen LogP contribution in [0.3, 0.4) is 0 Å². The molecule has 9 heteroatoms. The Kier molecular flexibility index (Phi) is 4.56. The van der Waals surface area contributed by atoms with Crippen molar-refractivity contribution in [2.24, 2.45) is 5.92 Å². The number of benzene rings is 1. The molecule has 0 spiro atoms. The maximum atomic E-state index is 12.9. The summed E-state index contributed by atoms with van der Waals surface area (Å²) in [6, 6.07) is 5.18. The molecule has 4 rings (SSSR count). The quantitative estimate of drug-likeness (QED) is 0.727. The van der Waals surface area contributed by atoms with Gasteiger partial charge in [-0.05, 0) is 43.4 Å². The van der Waals surface area contributed by atoms with E-state index in [0.29, 0.717) is 29.5 Å². The van der Waals surface area contributed by atoms with E-state index in [1.165, 1.54) is 6.33 Å². The van der Waals surface area contributed by atoms with E-state index in [-0.39, 0.29) is 17.5 Å². The van der Waals surface area contributed by atoms with Crippen LogP contribution in [0.25, 0.3) is 16.9 Å². The minimum absolute atomic E-state index is 0.136. The molecule has 1 aliphatic rings. The third kappa shape index (κ3) is 3.40. The minimum Gasteiger partial charge on any atom is -0.381 e. The lowest BCUT2D eigenvalue weighted by molar-refractivity contribution is 0.0723. The van der Waals surface area contributed by atoms with Gasteiger partial charge in [-0.2, -0.15) is 5.10 Å². The maximum absolute atomic E-state index is 12.9. The van der Waals surface area contributed by atoms with Crippen molar-refractivity contribution in [3.05, 3.63) is 36.3 Å². The van der Waals surface area contributed by atoms with E-state index in [4.69, 9.17) is 10.5 Å². The number of aryl methyl sites for hydroxylation is 1. The molecule has 8 nitrogen and oxygen atoms in total. The van der Waals surface area contributed by atoms with Crippen LogP contribution in [0.5, 0.6) is 0 Å². The Balaban J connectivity index is 1.74. The van der Waals surface area contributed by atoms with Crippen LogP contribution in [-0.4, -0.2) is 47.0 Å². The molecule has 1 saturated heterocycles. The largest absolute Gasteiger partial charge is 0.381 e. The van der Waals surface area contributed by atoms with Crippen molar-refractivity contribution < 1.29 is 13.2 Å². The molecule has 0 atom stereocenters. The van der Waals surface area contributed by atoms with Gasteiger partial charge in [0.2, 0.25) is 0 Å². The van der Waals surface area contributed by atoms with Crippen LogP contribution in [0.15, 0.2) is 35.6 Å². The van der Waals surface area contributed by atoms with Gasteiger partial charge in [-0.15, -0.1) is 0 Å². The van der Waals surface area contributed by atoms with Gasteiger partial charge in [0, 0.05) is 18.8 Å². The SMILES string of the molecule is Cc1ccc(S(=O)(=O)CC2CCOCC2)cc1-c1cnc2c(N)ncnn12. The normalized spacial score (nSPS) is 16.0. The lowest BCUT2D eigenvalue weighted by Gasteiger charge is -2.22. The summed E-state index contributed by atoms with van der Waals surface area (Å²) in [6.07, 6.45) is 4.55. The number of sulfone groups is 1. The van der Waals surface area contributed by atoms with Crippen LogP contribution in [0.1, 0.15) is 18.4 Å². The number of aromatic nitrogens is 4. The minimum atomic E-state index is -3.39. The molecule has 0 saturated carbocycles. The number of hydrogen-bond donors (Lipinski definition) is 1. The smallest absolute Gasteiger partial charge is 0.197 e. The van der Waals surface area contributed by atoms with Gasteiger partial charge in [0.15, 0.2) is 21.3 Å². The highest BCUT2D eigenvalue weighted by molar-refractivity contribution is 7.91. The molecule has 0 amide bonds. The lowest BCUT2D eigenvalue weighted by Crippen LogP contribution is -2.23. The number of nitrogens with two attached hydrogens (primary N) is 1. The Hall–Kier alpha value is -2.52. The number of rotatable bonds is 4. The number of nitrogens with zero attached hydrogens (tertiary/aromatic N) is 4. The first kappa shape index (κ1) is 17.9. The van der Waals surface area contributed by atoms with Gasteiger partial charge < -0.3 is 10.5 Å². The first-order chi connectivity index (χ1) is 13.0. The third-order valence-electron chi connectivity index (χ3n) is 4.97. The highest BCUT2D eigenvalue weighted by Gasteiger charge is 2.24. The van der Waals surface area contributed by atoms with E-state index < -0.39 is 9.84 Å². The summed E-state index contributed by atoms with van der Waals surface area (Å²) in [7, 11) is -3.39. The van der Waals surface area contributed by atoms with Crippen LogP contribution in [0.2, 0.25) is 0 Å². The molecule has 0 radical (unpaired) electrons. The molecule has 27 heavy (non-hydrogen) atoms. The Bertz CT molecular complexity index is 1090. The van der Waals surface area contributed by atoms with E-state index in [1.807, 2.05) is 13.0 Å². The molecular weight excluding hydrogens is 366 g/mol. The summed E-state index contributed by atoms with van der Waals surface area (Å²) in [5, 5.41) is 4.20. The van der Waals surface area contributed by atoms with Crippen molar-refractivity contribution in [3.8, 4) is 11.3 Å². The number of fused-ring (bicyclic) bond motifs is 1. The highest BCUT2D eigenvalue weighted by atomic mass is 32.2. The Morgan fingerprint density at radius 3 is 2.81 bits per heavy atom. The topological polar surface area (TPSA) is 112 Å². The standard InChI is InChI=1S/C18H21N5O3S/c1-12-2-3-14(27(24,25)10-13-4-6-26-7-5-13)8-15(12)16-9-20-18-17(19)21-11-22-23(16)18/h2-3,8-9,11,13H,4-7,10H2,1H3,(H2,19,21,22). The Morgan fingerprint density at radius 1 is 1.26 bits per heavy atom. The summed E-state index contributed by atoms with van der Waals surface area (Å²) in [5.74, 6) is 0.551. The number of ether oxygens (including phenoxy) is 1. The molecule has 0 bridgehead atoms. The van der Waals surface area contributed by atoms with Crippen molar-refractivity contribution in [3.63, 3.8) is 0 Å². The first-order valence-electron chi connectivity index (χ1n) is 8.81. The van der Waals surface area contributed by atoms with Crippen LogP contribution >= 0.6 is 0 Å². The second kappa shape index (κ2) is 6.90. The van der Waals surface area contributed by atoms with Crippen LogP contribution in [0, 0.1) is 12.8 Å². The average molecular weight is 387 g/mol. The summed E-state index contributed by atoms with van der Waals surface area (Å²) >= 11 is 0. The van der Waals surface area contributed by atoms with Gasteiger partial charge in [-0.1, -0.05) is 6.07 Å². The van der Waals surface area contributed by atoms with Crippen molar-refractivity contribution >= 4 is 21.3 Å². The van der Waals surface area contributed by atoms with E-state index >= 15 is 0 Å². The van der Waals surface area contributed by atoms with Crippen molar-refractivity contribution in [2.75, 3.05) is 24.7 Å². The number of hydrogen-bond acceptors (Lipinski definition) is 7. The number of nitrogen functional groups attached to an aromatic ring is 1. The molecule has 3 aromatic rings. The molecule has 1 fully saturated rings. The van der Waals surface area contributed by atoms with Gasteiger partial charge in [-0.25, -0.2) is 22.9 Å². The molecule has 1 aromatic carbocycles.